The van der Waals surface area contributed by atoms with E-state index in [1.54, 1.807) is 0 Å². The van der Waals surface area contributed by atoms with E-state index in [2.05, 4.69) is 0 Å². The zero-order valence-corrected chi connectivity index (χ0v) is 11.8. The molecule has 9 nitrogen and oxygen atoms in total. The van der Waals surface area contributed by atoms with E-state index in [0.717, 1.165) is 12.1 Å². The molecule has 5 atom stereocenters. The first kappa shape index (κ1) is 16.9. The third-order valence-corrected chi connectivity index (χ3v) is 3.51. The van der Waals surface area contributed by atoms with Gasteiger partial charge in [0.2, 0.25) is 6.29 Å². The summed E-state index contributed by atoms with van der Waals surface area (Å²) in [7, 11) is 0. The first-order chi connectivity index (χ1) is 10.3. The number of hydrogen-bond donors (Lipinski definition) is 4. The van der Waals surface area contributed by atoms with Crippen molar-refractivity contribution in [1.82, 2.24) is 0 Å². The van der Waals surface area contributed by atoms with Crippen molar-refractivity contribution in [3.8, 4) is 5.75 Å². The van der Waals surface area contributed by atoms with E-state index in [9.17, 15) is 25.4 Å². The van der Waals surface area contributed by atoms with Gasteiger partial charge in [-0.2, -0.15) is 0 Å². The largest absolute Gasteiger partial charge is 0.460 e. The van der Waals surface area contributed by atoms with Gasteiger partial charge in [-0.3, -0.25) is 10.1 Å². The maximum Gasteiger partial charge on any atom is 0.271 e. The lowest BCUT2D eigenvalue weighted by molar-refractivity contribution is -0.384. The third-order valence-electron chi connectivity index (χ3n) is 3.22. The number of nitro groups is 1. The minimum atomic E-state index is -1.59. The van der Waals surface area contributed by atoms with Gasteiger partial charge in [-0.15, -0.1) is 0 Å². The fourth-order valence-electron chi connectivity index (χ4n) is 1.99. The standard InChI is InChI=1S/C12H14ClNO8/c13-6-3-5(14(19)20)1-2-7(6)21-12-11(18)10(17)9(16)8(4-15)22-12/h1-3,8-12,15-18H,4H2/t8?,9-,10-,11-,12-/m0/s1. The van der Waals surface area contributed by atoms with Crippen LogP contribution in [-0.2, 0) is 4.74 Å². The molecule has 4 N–H and O–H groups in total. The molecule has 1 heterocycles. The monoisotopic (exact) mass is 335 g/mol. The van der Waals surface area contributed by atoms with Crippen LogP contribution in [0.2, 0.25) is 5.02 Å². The molecule has 1 fully saturated rings. The Bertz CT molecular complexity index is 554. The normalized spacial score (nSPS) is 31.8. The van der Waals surface area contributed by atoms with Gasteiger partial charge in [-0.1, -0.05) is 11.6 Å². The minimum Gasteiger partial charge on any atom is -0.460 e. The highest BCUT2D eigenvalue weighted by molar-refractivity contribution is 6.32. The minimum absolute atomic E-state index is 0.0170. The maximum atomic E-state index is 10.6. The van der Waals surface area contributed by atoms with E-state index < -0.39 is 42.2 Å². The van der Waals surface area contributed by atoms with Crippen molar-refractivity contribution >= 4 is 17.3 Å². The van der Waals surface area contributed by atoms with Crippen molar-refractivity contribution in [3.63, 3.8) is 0 Å². The highest BCUT2D eigenvalue weighted by Crippen LogP contribution is 2.31. The molecule has 2 rings (SSSR count). The Morgan fingerprint density at radius 3 is 2.50 bits per heavy atom. The molecule has 1 unspecified atom stereocenters. The number of hydrogen-bond acceptors (Lipinski definition) is 8. The quantitative estimate of drug-likeness (QED) is 0.423. The Labute approximate surface area is 129 Å². The van der Waals surface area contributed by atoms with Gasteiger partial charge in [-0.25, -0.2) is 0 Å². The van der Waals surface area contributed by atoms with Gasteiger partial charge in [0.1, 0.15) is 30.2 Å². The fraction of sp³-hybridized carbons (Fsp3) is 0.500. The molecule has 0 bridgehead atoms. The van der Waals surface area contributed by atoms with Gasteiger partial charge in [0.05, 0.1) is 16.6 Å². The number of ether oxygens (including phenoxy) is 2. The van der Waals surface area contributed by atoms with E-state index in [0.29, 0.717) is 0 Å². The van der Waals surface area contributed by atoms with Gasteiger partial charge in [-0.05, 0) is 6.07 Å². The highest BCUT2D eigenvalue weighted by atomic mass is 35.5. The third kappa shape index (κ3) is 3.29. The highest BCUT2D eigenvalue weighted by Gasteiger charge is 2.44. The SMILES string of the molecule is O=[N+]([O-])c1ccc(O[C@H]2OC(CO)[C@H](O)[C@H](O)[C@@H]2O)c(Cl)c1. The molecule has 10 heteroatoms. The van der Waals surface area contributed by atoms with E-state index in [-0.39, 0.29) is 16.5 Å². The van der Waals surface area contributed by atoms with Crippen LogP contribution in [0.4, 0.5) is 5.69 Å². The van der Waals surface area contributed by atoms with Crippen LogP contribution in [0.1, 0.15) is 0 Å². The average molecular weight is 336 g/mol. The molecule has 22 heavy (non-hydrogen) atoms. The van der Waals surface area contributed by atoms with Crippen LogP contribution in [0.3, 0.4) is 0 Å². The van der Waals surface area contributed by atoms with Crippen molar-refractivity contribution in [2.24, 2.45) is 0 Å². The lowest BCUT2D eigenvalue weighted by Gasteiger charge is -2.39. The summed E-state index contributed by atoms with van der Waals surface area (Å²) in [5, 5.41) is 48.7. The van der Waals surface area contributed by atoms with Crippen molar-refractivity contribution in [3.05, 3.63) is 33.3 Å². The van der Waals surface area contributed by atoms with Gasteiger partial charge in [0, 0.05) is 12.1 Å². The van der Waals surface area contributed by atoms with Crippen LogP contribution in [0.5, 0.6) is 5.75 Å². The van der Waals surface area contributed by atoms with Crippen LogP contribution >= 0.6 is 11.6 Å². The summed E-state index contributed by atoms with van der Waals surface area (Å²) in [6.07, 6.45) is -7.22. The second-order valence-corrected chi connectivity index (χ2v) is 5.09. The first-order valence-corrected chi connectivity index (χ1v) is 6.64. The van der Waals surface area contributed by atoms with E-state index >= 15 is 0 Å². The predicted octanol–water partition coefficient (Wildman–Crippen LogP) is -0.573. The van der Waals surface area contributed by atoms with E-state index in [1.165, 1.54) is 6.07 Å². The molecule has 1 saturated heterocycles. The molecule has 0 aliphatic carbocycles. The summed E-state index contributed by atoms with van der Waals surface area (Å²) in [6, 6.07) is 3.41. The van der Waals surface area contributed by atoms with Crippen LogP contribution in [0.15, 0.2) is 18.2 Å². The van der Waals surface area contributed by atoms with Crippen LogP contribution in [0.25, 0.3) is 0 Å². The summed E-state index contributed by atoms with van der Waals surface area (Å²) in [5.74, 6) is -0.0170. The molecule has 122 valence electrons. The number of aliphatic hydroxyl groups excluding tert-OH is 4. The number of nitro benzene ring substituents is 1. The summed E-state index contributed by atoms with van der Waals surface area (Å²) in [4.78, 5) is 9.98. The predicted molar refractivity (Wildman–Crippen MR) is 72.5 cm³/mol. The Hall–Kier alpha value is -1.49. The van der Waals surface area contributed by atoms with E-state index in [1.807, 2.05) is 0 Å². The number of rotatable bonds is 4. The summed E-state index contributed by atoms with van der Waals surface area (Å²) in [6.45, 7) is -0.598. The number of benzene rings is 1. The first-order valence-electron chi connectivity index (χ1n) is 6.26. The second-order valence-electron chi connectivity index (χ2n) is 4.69. The maximum absolute atomic E-state index is 10.6. The van der Waals surface area contributed by atoms with Crippen LogP contribution in [0, 0.1) is 10.1 Å². The second kappa shape index (κ2) is 6.73. The smallest absolute Gasteiger partial charge is 0.271 e. The van der Waals surface area contributed by atoms with Crippen LogP contribution < -0.4 is 4.74 Å². The van der Waals surface area contributed by atoms with Crippen molar-refractivity contribution < 1.29 is 34.8 Å². The van der Waals surface area contributed by atoms with Crippen molar-refractivity contribution in [1.29, 1.82) is 0 Å². The van der Waals surface area contributed by atoms with Crippen molar-refractivity contribution in [2.45, 2.75) is 30.7 Å². The fourth-order valence-corrected chi connectivity index (χ4v) is 2.21. The number of non-ortho nitro benzene ring substituents is 1. The summed E-state index contributed by atoms with van der Waals surface area (Å²) >= 11 is 5.85. The Morgan fingerprint density at radius 2 is 1.95 bits per heavy atom. The molecule has 1 aliphatic rings. The summed E-state index contributed by atoms with van der Waals surface area (Å²) < 4.78 is 10.4. The lowest BCUT2D eigenvalue weighted by Crippen LogP contribution is -2.60. The van der Waals surface area contributed by atoms with Gasteiger partial charge >= 0.3 is 0 Å². The number of halogens is 1. The van der Waals surface area contributed by atoms with Gasteiger partial charge < -0.3 is 29.9 Å². The molecule has 0 saturated carbocycles. The molecule has 1 aromatic rings. The Morgan fingerprint density at radius 1 is 1.27 bits per heavy atom. The molecule has 0 aromatic heterocycles. The van der Waals surface area contributed by atoms with Gasteiger partial charge in [0.15, 0.2) is 0 Å². The Balaban J connectivity index is 2.17. The lowest BCUT2D eigenvalue weighted by atomic mass is 9.99. The number of nitrogens with zero attached hydrogens (tertiary/aromatic N) is 1. The number of aliphatic hydroxyl groups is 4. The molecule has 1 aliphatic heterocycles. The van der Waals surface area contributed by atoms with Gasteiger partial charge in [0.25, 0.3) is 5.69 Å². The summed E-state index contributed by atoms with van der Waals surface area (Å²) in [5.41, 5.74) is -0.244. The molecular weight excluding hydrogens is 322 g/mol. The zero-order chi connectivity index (χ0) is 16.4. The molecule has 0 spiro atoms. The average Bonchev–Trinajstić information content (AvgIpc) is 2.49. The van der Waals surface area contributed by atoms with E-state index in [4.69, 9.17) is 26.2 Å². The topological polar surface area (TPSA) is 143 Å². The molecule has 0 radical (unpaired) electrons. The molecule has 0 amide bonds. The zero-order valence-electron chi connectivity index (χ0n) is 11.1. The molecular formula is C12H14ClNO8. The van der Waals surface area contributed by atoms with Crippen LogP contribution in [-0.4, -0.2) is 62.7 Å². The van der Waals surface area contributed by atoms with Crippen molar-refractivity contribution in [2.75, 3.05) is 6.61 Å². The Kier molecular flexibility index (Phi) is 5.16. The molecule has 1 aromatic carbocycles.